The number of benzene rings is 2. The van der Waals surface area contributed by atoms with Crippen LogP contribution in [0.4, 0.5) is 13.6 Å². The van der Waals surface area contributed by atoms with Gasteiger partial charge in [-0.15, -0.1) is 0 Å². The van der Waals surface area contributed by atoms with Crippen LogP contribution in [0.5, 0.6) is 11.5 Å². The number of hydrogen-bond donors (Lipinski definition) is 5. The highest BCUT2D eigenvalue weighted by atomic mass is 19.1. The van der Waals surface area contributed by atoms with E-state index in [-0.39, 0.29) is 59.0 Å². The minimum atomic E-state index is -0.497. The van der Waals surface area contributed by atoms with Gasteiger partial charge in [0.25, 0.3) is 0 Å². The zero-order valence-electron chi connectivity index (χ0n) is 35.2. The molecule has 2 aromatic rings. The molecule has 4 amide bonds. The second-order valence-corrected chi connectivity index (χ2v) is 17.8. The summed E-state index contributed by atoms with van der Waals surface area (Å²) in [6, 6.07) is 8.02. The van der Waals surface area contributed by atoms with E-state index in [1.54, 1.807) is 32.8 Å². The fourth-order valence-electron chi connectivity index (χ4n) is 10.1. The summed E-state index contributed by atoms with van der Waals surface area (Å²) >= 11 is 0. The smallest absolute Gasteiger partial charge is 0.376 e. The SMILES string of the molecule is CB(O)N1CCC(C(=O)N2CCC3(CC2)CC(N)c2cc(F)ccc2O3)CC1.CNC(=O)NC1CC2(CCN(C(=O)C3CCN(B(C)O)CC3)CC2)Oc2ccc(F)cc21. The summed E-state index contributed by atoms with van der Waals surface area (Å²) < 4.78 is 40.0. The van der Waals surface area contributed by atoms with Crippen molar-refractivity contribution < 1.29 is 42.7 Å². The highest BCUT2D eigenvalue weighted by molar-refractivity contribution is 6.45. The number of halogens is 2. The van der Waals surface area contributed by atoms with Crippen molar-refractivity contribution >= 4 is 31.9 Å². The summed E-state index contributed by atoms with van der Waals surface area (Å²) in [4.78, 5) is 45.9. The largest absolute Gasteiger partial charge is 0.487 e. The zero-order chi connectivity index (χ0) is 42.8. The van der Waals surface area contributed by atoms with E-state index in [1.165, 1.54) is 24.3 Å². The fraction of sp³-hybridized carbons (Fsp3) is 0.643. The topological polar surface area (TPSA) is 173 Å². The minimum absolute atomic E-state index is 0.00214. The second kappa shape index (κ2) is 18.6. The predicted octanol–water partition coefficient (Wildman–Crippen LogP) is 3.55. The van der Waals surface area contributed by atoms with E-state index in [9.17, 15) is 33.2 Å². The maximum absolute atomic E-state index is 13.9. The lowest BCUT2D eigenvalue weighted by Gasteiger charge is -2.47. The minimum Gasteiger partial charge on any atom is -0.487 e. The van der Waals surface area contributed by atoms with E-state index in [2.05, 4.69) is 10.6 Å². The molecule has 2 unspecified atom stereocenters. The van der Waals surface area contributed by atoms with E-state index < -0.39 is 19.7 Å². The summed E-state index contributed by atoms with van der Waals surface area (Å²) in [5, 5.41) is 24.9. The van der Waals surface area contributed by atoms with Gasteiger partial charge in [0.05, 0.1) is 6.04 Å². The molecule has 6 heterocycles. The van der Waals surface area contributed by atoms with Crippen molar-refractivity contribution in [3.05, 3.63) is 59.2 Å². The van der Waals surface area contributed by atoms with Crippen molar-refractivity contribution in [3.63, 3.8) is 0 Å². The number of nitrogens with one attached hydrogen (secondary N) is 2. The molecule has 0 saturated carbocycles. The van der Waals surface area contributed by atoms with Crippen LogP contribution < -0.4 is 25.8 Å². The fourth-order valence-corrected chi connectivity index (χ4v) is 10.1. The lowest BCUT2D eigenvalue weighted by molar-refractivity contribution is -0.141. The molecule has 6 N–H and O–H groups in total. The molecule has 14 nitrogen and oxygen atoms in total. The first kappa shape index (κ1) is 44.1. The Balaban J connectivity index is 0.000000183. The number of amides is 4. The Morgan fingerprint density at radius 1 is 0.700 bits per heavy atom. The molecule has 0 aliphatic carbocycles. The van der Waals surface area contributed by atoms with E-state index in [0.29, 0.717) is 68.9 Å². The van der Waals surface area contributed by atoms with E-state index in [1.807, 2.05) is 19.4 Å². The molecule has 0 aromatic heterocycles. The molecule has 0 radical (unpaired) electrons. The van der Waals surface area contributed by atoms with Crippen molar-refractivity contribution in [2.24, 2.45) is 17.6 Å². The molecular formula is C42H61B2F2N7O7. The van der Waals surface area contributed by atoms with Gasteiger partial charge in [0.15, 0.2) is 0 Å². The third kappa shape index (κ3) is 9.88. The van der Waals surface area contributed by atoms with Crippen molar-refractivity contribution in [1.29, 1.82) is 0 Å². The Morgan fingerprint density at radius 3 is 1.55 bits per heavy atom. The number of carbonyl (C=O) groups is 3. The second-order valence-electron chi connectivity index (χ2n) is 17.8. The van der Waals surface area contributed by atoms with Gasteiger partial charge in [-0.1, -0.05) is 0 Å². The summed E-state index contributed by atoms with van der Waals surface area (Å²) in [5.74, 6) is 1.05. The first-order valence-electron chi connectivity index (χ1n) is 21.8. The molecule has 0 bridgehead atoms. The van der Waals surface area contributed by atoms with Crippen molar-refractivity contribution in [3.8, 4) is 11.5 Å². The van der Waals surface area contributed by atoms with E-state index in [0.717, 1.165) is 70.3 Å². The standard InChI is InChI=1S/C22H32BFN4O4.C20H29BFN3O3/c1-23(31)28-9-5-15(6-10-28)20(29)27-11-7-22(8-12-27)14-18(26-21(30)25-2)17-13-16(24)3-4-19(17)32-22;1-21(27)25-8-4-14(5-9-25)19(26)24-10-6-20(7-11-24)13-17(23)16-12-15(22)2-3-18(16)28-20/h3-4,13,15,18,31H,5-12,14H2,1-2H3,(H2,25,26,30);2-3,12,14,17,27H,4-11,13,23H2,1H3. The number of hydrogen-bond acceptors (Lipinski definition) is 10. The lowest BCUT2D eigenvalue weighted by Crippen LogP contribution is -2.55. The number of ether oxygens (including phenoxy) is 2. The lowest BCUT2D eigenvalue weighted by atomic mass is 9.79. The van der Waals surface area contributed by atoms with Gasteiger partial charge in [-0.3, -0.25) is 9.59 Å². The van der Waals surface area contributed by atoms with Crippen molar-refractivity contribution in [2.45, 2.75) is 101 Å². The Morgan fingerprint density at radius 2 is 1.12 bits per heavy atom. The number of nitrogens with two attached hydrogens (primary N) is 1. The van der Waals surface area contributed by atoms with Gasteiger partial charge in [0, 0.05) is 101 Å². The van der Waals surface area contributed by atoms with Crippen LogP contribution in [-0.2, 0) is 9.59 Å². The molecule has 2 spiro atoms. The third-order valence-corrected chi connectivity index (χ3v) is 13.9. The number of rotatable bonds is 5. The number of carbonyl (C=O) groups excluding carboxylic acids is 3. The monoisotopic (exact) mass is 835 g/mol. The molecule has 326 valence electrons. The molecule has 2 atom stereocenters. The number of fused-ring (bicyclic) bond motifs is 2. The molecule has 6 aliphatic rings. The average Bonchev–Trinajstić information content (AvgIpc) is 3.24. The van der Waals surface area contributed by atoms with Gasteiger partial charge in [0.2, 0.25) is 11.8 Å². The maximum atomic E-state index is 13.9. The van der Waals surface area contributed by atoms with E-state index in [4.69, 9.17) is 15.2 Å². The Hall–Kier alpha value is -3.96. The van der Waals surface area contributed by atoms with Gasteiger partial charge in [-0.05, 0) is 102 Å². The van der Waals surface area contributed by atoms with Crippen molar-refractivity contribution in [2.75, 3.05) is 59.4 Å². The summed E-state index contributed by atoms with van der Waals surface area (Å²) in [6.07, 6.45) is 7.12. The van der Waals surface area contributed by atoms with Crippen LogP contribution in [-0.4, -0.2) is 132 Å². The number of piperidine rings is 4. The van der Waals surface area contributed by atoms with Gasteiger partial charge in [-0.2, -0.15) is 0 Å². The summed E-state index contributed by atoms with van der Waals surface area (Å²) in [5.41, 5.74) is 6.83. The van der Waals surface area contributed by atoms with E-state index >= 15 is 0 Å². The van der Waals surface area contributed by atoms with Crippen LogP contribution >= 0.6 is 0 Å². The molecular weight excluding hydrogens is 774 g/mol. The van der Waals surface area contributed by atoms with Crippen LogP contribution in [0.1, 0.15) is 87.4 Å². The zero-order valence-corrected chi connectivity index (χ0v) is 35.2. The molecule has 4 fully saturated rings. The summed E-state index contributed by atoms with van der Waals surface area (Å²) in [7, 11) is 0.624. The molecule has 8 rings (SSSR count). The third-order valence-electron chi connectivity index (χ3n) is 13.9. The van der Waals surface area contributed by atoms with Crippen LogP contribution in [0.3, 0.4) is 0 Å². The van der Waals surface area contributed by atoms with Crippen LogP contribution in [0.15, 0.2) is 36.4 Å². The number of urea groups is 1. The van der Waals surface area contributed by atoms with Gasteiger partial charge >= 0.3 is 20.1 Å². The van der Waals surface area contributed by atoms with Crippen LogP contribution in [0.2, 0.25) is 13.6 Å². The molecule has 18 heteroatoms. The Bertz CT molecular complexity index is 1850. The normalized spacial score (nSPS) is 24.2. The molecule has 4 saturated heterocycles. The molecule has 2 aromatic carbocycles. The number of likely N-dealkylation sites (tertiary alicyclic amines) is 2. The quantitative estimate of drug-likeness (QED) is 0.281. The Kier molecular flexibility index (Phi) is 13.6. The number of nitrogens with zero attached hydrogens (tertiary/aromatic N) is 4. The molecule has 60 heavy (non-hydrogen) atoms. The first-order valence-corrected chi connectivity index (χ1v) is 21.8. The summed E-state index contributed by atoms with van der Waals surface area (Å²) in [6.45, 7) is 9.04. The van der Waals surface area contributed by atoms with Crippen molar-refractivity contribution in [1.82, 2.24) is 30.1 Å². The van der Waals surface area contributed by atoms with Gasteiger partial charge < -0.3 is 55.3 Å². The van der Waals surface area contributed by atoms with Crippen LogP contribution in [0.25, 0.3) is 0 Å². The predicted molar refractivity (Wildman–Crippen MR) is 224 cm³/mol. The average molecular weight is 836 g/mol. The Labute approximate surface area is 352 Å². The van der Waals surface area contributed by atoms with Gasteiger partial charge in [0.1, 0.15) is 34.3 Å². The van der Waals surface area contributed by atoms with Gasteiger partial charge in [-0.25, -0.2) is 13.6 Å². The maximum Gasteiger partial charge on any atom is 0.376 e. The molecule has 6 aliphatic heterocycles. The highest BCUT2D eigenvalue weighted by Crippen LogP contribution is 2.46. The first-order chi connectivity index (χ1) is 28.7. The van der Waals surface area contributed by atoms with Crippen LogP contribution in [0, 0.1) is 23.5 Å². The highest BCUT2D eigenvalue weighted by Gasteiger charge is 2.46.